The second-order valence-corrected chi connectivity index (χ2v) is 4.54. The van der Waals surface area contributed by atoms with Crippen molar-refractivity contribution in [1.82, 2.24) is 4.73 Å². The number of non-ortho nitro benzene ring substituents is 1. The van der Waals surface area contributed by atoms with Gasteiger partial charge in [-0.25, -0.2) is 0 Å². The molecule has 6 nitrogen and oxygen atoms in total. The van der Waals surface area contributed by atoms with E-state index in [0.29, 0.717) is 6.42 Å². The van der Waals surface area contributed by atoms with Crippen LogP contribution in [0.25, 0.3) is 11.1 Å². The first kappa shape index (κ1) is 14.1. The van der Waals surface area contributed by atoms with Crippen molar-refractivity contribution in [3.05, 3.63) is 52.3 Å². The summed E-state index contributed by atoms with van der Waals surface area (Å²) in [6.45, 7) is 1.70. The van der Waals surface area contributed by atoms with Gasteiger partial charge >= 0.3 is 0 Å². The zero-order valence-electron chi connectivity index (χ0n) is 11.3. The summed E-state index contributed by atoms with van der Waals surface area (Å²) in [5.41, 5.74) is 2.62. The van der Waals surface area contributed by atoms with Crippen molar-refractivity contribution >= 4 is 5.69 Å². The average Bonchev–Trinajstić information content (AvgIpc) is 2.81. The van der Waals surface area contributed by atoms with Gasteiger partial charge in [-0.3, -0.25) is 10.1 Å². The van der Waals surface area contributed by atoms with Gasteiger partial charge in [-0.05, 0) is 30.7 Å². The van der Waals surface area contributed by atoms with Crippen molar-refractivity contribution < 1.29 is 14.9 Å². The number of nitro benzene ring substituents is 1. The normalized spacial score (nSPS) is 12.2. The van der Waals surface area contributed by atoms with Gasteiger partial charge in [-0.2, -0.15) is 4.73 Å². The second kappa shape index (κ2) is 5.75. The van der Waals surface area contributed by atoms with E-state index >= 15 is 0 Å². The summed E-state index contributed by atoms with van der Waals surface area (Å²) in [7, 11) is 1.55. The van der Waals surface area contributed by atoms with Gasteiger partial charge < -0.3 is 9.94 Å². The molecule has 6 heteroatoms. The first-order valence-corrected chi connectivity index (χ1v) is 6.20. The maximum Gasteiger partial charge on any atom is 0.269 e. The van der Waals surface area contributed by atoms with Gasteiger partial charge in [0.15, 0.2) is 0 Å². The summed E-state index contributed by atoms with van der Waals surface area (Å²) >= 11 is 0. The summed E-state index contributed by atoms with van der Waals surface area (Å²) in [6, 6.07) is 8.18. The first-order chi connectivity index (χ1) is 9.52. The Hall–Kier alpha value is -2.34. The molecule has 1 aromatic heterocycles. The van der Waals surface area contributed by atoms with E-state index in [1.807, 2.05) is 6.07 Å². The number of aliphatic hydroxyl groups excluding tert-OH is 1. The number of nitrogens with zero attached hydrogens (tertiary/aromatic N) is 2. The number of rotatable bonds is 5. The number of aromatic nitrogens is 1. The largest absolute Gasteiger partial charge is 0.417 e. The number of benzene rings is 1. The summed E-state index contributed by atoms with van der Waals surface area (Å²) in [5, 5.41) is 20.2. The molecule has 0 amide bonds. The lowest BCUT2D eigenvalue weighted by atomic mass is 10.0. The molecule has 1 unspecified atom stereocenters. The van der Waals surface area contributed by atoms with E-state index in [2.05, 4.69) is 0 Å². The molecule has 1 atom stereocenters. The van der Waals surface area contributed by atoms with Crippen molar-refractivity contribution in [3.63, 3.8) is 0 Å². The average molecular weight is 276 g/mol. The van der Waals surface area contributed by atoms with Crippen LogP contribution in [0, 0.1) is 10.1 Å². The SMILES string of the molecule is COn1ccc(-c2ccc([N+](=O)[O-])cc2)c1CC(C)O. The smallest absolute Gasteiger partial charge is 0.269 e. The van der Waals surface area contributed by atoms with E-state index in [4.69, 9.17) is 4.84 Å². The van der Waals surface area contributed by atoms with E-state index in [0.717, 1.165) is 16.8 Å². The van der Waals surface area contributed by atoms with Gasteiger partial charge in [0.2, 0.25) is 0 Å². The monoisotopic (exact) mass is 276 g/mol. The predicted octanol–water partition coefficient (Wildman–Crippen LogP) is 2.05. The third-order valence-electron chi connectivity index (χ3n) is 3.03. The summed E-state index contributed by atoms with van der Waals surface area (Å²) in [5.74, 6) is 0. The first-order valence-electron chi connectivity index (χ1n) is 6.20. The Kier molecular flexibility index (Phi) is 4.05. The Morgan fingerprint density at radius 1 is 1.35 bits per heavy atom. The van der Waals surface area contributed by atoms with E-state index in [9.17, 15) is 15.2 Å². The van der Waals surface area contributed by atoms with Gasteiger partial charge in [0.1, 0.15) is 7.11 Å². The summed E-state index contributed by atoms with van der Waals surface area (Å²) in [4.78, 5) is 15.4. The number of aliphatic hydroxyl groups is 1. The minimum atomic E-state index is -0.504. The lowest BCUT2D eigenvalue weighted by molar-refractivity contribution is -0.384. The van der Waals surface area contributed by atoms with Crippen molar-refractivity contribution in [2.45, 2.75) is 19.4 Å². The van der Waals surface area contributed by atoms with Crippen LogP contribution in [-0.2, 0) is 6.42 Å². The molecular formula is C14H16N2O4. The molecule has 0 saturated carbocycles. The van der Waals surface area contributed by atoms with Crippen LogP contribution in [0.5, 0.6) is 0 Å². The maximum absolute atomic E-state index is 10.7. The molecule has 106 valence electrons. The highest BCUT2D eigenvalue weighted by Crippen LogP contribution is 2.27. The topological polar surface area (TPSA) is 77.5 Å². The zero-order valence-corrected chi connectivity index (χ0v) is 11.3. The van der Waals surface area contributed by atoms with Crippen molar-refractivity contribution in [2.24, 2.45) is 0 Å². The quantitative estimate of drug-likeness (QED) is 0.669. The van der Waals surface area contributed by atoms with Crippen LogP contribution in [-0.4, -0.2) is 28.0 Å². The van der Waals surface area contributed by atoms with Crippen LogP contribution >= 0.6 is 0 Å². The predicted molar refractivity (Wildman–Crippen MR) is 74.4 cm³/mol. The molecule has 0 radical (unpaired) electrons. The van der Waals surface area contributed by atoms with Crippen LogP contribution in [0.4, 0.5) is 5.69 Å². The van der Waals surface area contributed by atoms with Gasteiger partial charge in [0.05, 0.1) is 16.7 Å². The Labute approximate surface area is 116 Å². The number of hydrogen-bond donors (Lipinski definition) is 1. The molecule has 2 aromatic rings. The standard InChI is InChI=1S/C14H16N2O4/c1-10(17)9-14-13(7-8-15(14)20-2)11-3-5-12(6-4-11)16(18)19/h3-8,10,17H,9H2,1-2H3. The fourth-order valence-electron chi connectivity index (χ4n) is 2.12. The third-order valence-corrected chi connectivity index (χ3v) is 3.03. The second-order valence-electron chi connectivity index (χ2n) is 4.54. The molecule has 1 N–H and O–H groups in total. The molecule has 20 heavy (non-hydrogen) atoms. The van der Waals surface area contributed by atoms with Crippen LogP contribution in [0.2, 0.25) is 0 Å². The van der Waals surface area contributed by atoms with Gasteiger partial charge in [0, 0.05) is 30.3 Å². The molecule has 0 aliphatic carbocycles. The molecule has 0 bridgehead atoms. The molecule has 1 aromatic carbocycles. The third kappa shape index (κ3) is 2.80. The van der Waals surface area contributed by atoms with E-state index in [-0.39, 0.29) is 5.69 Å². The van der Waals surface area contributed by atoms with Crippen molar-refractivity contribution in [1.29, 1.82) is 0 Å². The van der Waals surface area contributed by atoms with Crippen LogP contribution in [0.3, 0.4) is 0 Å². The molecule has 0 aliphatic rings. The van der Waals surface area contributed by atoms with Crippen LogP contribution in [0.15, 0.2) is 36.5 Å². The van der Waals surface area contributed by atoms with Gasteiger partial charge in [-0.1, -0.05) is 0 Å². The van der Waals surface area contributed by atoms with Gasteiger partial charge in [0.25, 0.3) is 5.69 Å². The fraction of sp³-hybridized carbons (Fsp3) is 0.286. The molecular weight excluding hydrogens is 260 g/mol. The Morgan fingerprint density at radius 2 is 2.00 bits per heavy atom. The maximum atomic E-state index is 10.7. The summed E-state index contributed by atoms with van der Waals surface area (Å²) < 4.78 is 1.59. The molecule has 1 heterocycles. The highest BCUT2D eigenvalue weighted by Gasteiger charge is 2.14. The highest BCUT2D eigenvalue weighted by molar-refractivity contribution is 5.67. The van der Waals surface area contributed by atoms with E-state index in [1.54, 1.807) is 37.1 Å². The van der Waals surface area contributed by atoms with E-state index < -0.39 is 11.0 Å². The van der Waals surface area contributed by atoms with Crippen LogP contribution in [0.1, 0.15) is 12.6 Å². The molecule has 0 saturated heterocycles. The van der Waals surface area contributed by atoms with Crippen molar-refractivity contribution in [2.75, 3.05) is 7.11 Å². The lowest BCUT2D eigenvalue weighted by Gasteiger charge is -2.11. The Balaban J connectivity index is 2.41. The molecule has 0 fully saturated rings. The van der Waals surface area contributed by atoms with Crippen LogP contribution < -0.4 is 4.84 Å². The van der Waals surface area contributed by atoms with Gasteiger partial charge in [-0.15, -0.1) is 0 Å². The minimum Gasteiger partial charge on any atom is -0.417 e. The highest BCUT2D eigenvalue weighted by atomic mass is 16.6. The van der Waals surface area contributed by atoms with Crippen molar-refractivity contribution in [3.8, 4) is 11.1 Å². The minimum absolute atomic E-state index is 0.0528. The number of nitro groups is 1. The Bertz CT molecular complexity index is 602. The molecule has 2 rings (SSSR count). The lowest BCUT2D eigenvalue weighted by Crippen LogP contribution is -2.14. The number of hydrogen-bond acceptors (Lipinski definition) is 4. The molecule has 0 spiro atoms. The van der Waals surface area contributed by atoms with E-state index in [1.165, 1.54) is 12.1 Å². The molecule has 0 aliphatic heterocycles. The fourth-order valence-corrected chi connectivity index (χ4v) is 2.12. The summed E-state index contributed by atoms with van der Waals surface area (Å²) in [6.07, 6.45) is 1.69. The Morgan fingerprint density at radius 3 is 2.50 bits per heavy atom. The zero-order chi connectivity index (χ0) is 14.7.